The molecule has 0 bridgehead atoms. The normalized spacial score (nSPS) is 18.4. The van der Waals surface area contributed by atoms with Gasteiger partial charge in [-0.1, -0.05) is 96.1 Å². The number of hydrogen-bond acceptors (Lipinski definition) is 4. The molecule has 0 saturated heterocycles. The molecule has 0 spiro atoms. The predicted octanol–water partition coefficient (Wildman–Crippen LogP) is 3.52. The molecule has 2 unspecified atom stereocenters. The number of carboxylic acid groups (broad SMARTS) is 1. The van der Waals surface area contributed by atoms with Gasteiger partial charge in [0, 0.05) is 11.9 Å². The fourth-order valence-electron chi connectivity index (χ4n) is 4.50. The van der Waals surface area contributed by atoms with Crippen molar-refractivity contribution in [3.63, 3.8) is 0 Å². The molecule has 32 heavy (non-hydrogen) atoms. The van der Waals surface area contributed by atoms with Gasteiger partial charge in [-0.05, 0) is 44.9 Å². The standard InChI is InChI=1S/C27H48O4.Na/c1-2-3-4-5-6-7-8-9-10-11-12-13-14-15-16-17-20-23-31-27(30)25-22-19-18-21-24(25)26(28)29;/h9-10,24-25H,2-8,11-23H2,1H3,(H,28,29);/q;+1/p-1/b10-9+;. The fraction of sp³-hybridized carbons (Fsp3) is 0.852. The molecular weight excluding hydrogens is 411 g/mol. The Bertz CT molecular complexity index is 492. The number of hydrogen-bond donors (Lipinski definition) is 0. The van der Waals surface area contributed by atoms with E-state index in [1.54, 1.807) is 0 Å². The zero-order chi connectivity index (χ0) is 22.6. The van der Waals surface area contributed by atoms with Gasteiger partial charge < -0.3 is 14.6 Å². The molecule has 1 aliphatic carbocycles. The Morgan fingerprint density at radius 1 is 0.750 bits per heavy atom. The van der Waals surface area contributed by atoms with Crippen molar-refractivity contribution in [3.8, 4) is 0 Å². The monoisotopic (exact) mass is 458 g/mol. The molecule has 5 heteroatoms. The van der Waals surface area contributed by atoms with Gasteiger partial charge in [-0.15, -0.1) is 0 Å². The van der Waals surface area contributed by atoms with Crippen molar-refractivity contribution >= 4 is 11.9 Å². The van der Waals surface area contributed by atoms with Crippen LogP contribution in [-0.2, 0) is 14.3 Å². The third-order valence-corrected chi connectivity index (χ3v) is 6.52. The van der Waals surface area contributed by atoms with Gasteiger partial charge in [-0.2, -0.15) is 0 Å². The number of carboxylic acids is 1. The Balaban J connectivity index is 0.00000961. The summed E-state index contributed by atoms with van der Waals surface area (Å²) in [5.41, 5.74) is 0. The number of carbonyl (C=O) groups excluding carboxylic acids is 2. The van der Waals surface area contributed by atoms with Crippen molar-refractivity contribution in [2.75, 3.05) is 6.61 Å². The molecule has 1 rings (SSSR count). The molecule has 0 radical (unpaired) electrons. The number of esters is 1. The Morgan fingerprint density at radius 3 is 1.75 bits per heavy atom. The summed E-state index contributed by atoms with van der Waals surface area (Å²) in [4.78, 5) is 23.4. The maximum atomic E-state index is 12.2. The van der Waals surface area contributed by atoms with Crippen molar-refractivity contribution in [2.24, 2.45) is 11.8 Å². The minimum atomic E-state index is -1.10. The van der Waals surface area contributed by atoms with Crippen LogP contribution in [0.5, 0.6) is 0 Å². The van der Waals surface area contributed by atoms with Crippen molar-refractivity contribution < 1.29 is 49.0 Å². The first-order valence-electron chi connectivity index (χ1n) is 13.2. The quantitative estimate of drug-likeness (QED) is 0.129. The molecule has 0 N–H and O–H groups in total. The first-order valence-corrected chi connectivity index (χ1v) is 13.2. The van der Waals surface area contributed by atoms with Crippen LogP contribution in [0.3, 0.4) is 0 Å². The van der Waals surface area contributed by atoms with E-state index in [1.807, 2.05) is 0 Å². The summed E-state index contributed by atoms with van der Waals surface area (Å²) in [6.07, 6.45) is 26.5. The van der Waals surface area contributed by atoms with Gasteiger partial charge in [-0.25, -0.2) is 0 Å². The van der Waals surface area contributed by atoms with Gasteiger partial charge >= 0.3 is 35.5 Å². The topological polar surface area (TPSA) is 66.4 Å². The summed E-state index contributed by atoms with van der Waals surface area (Å²) in [5.74, 6) is -2.60. The Morgan fingerprint density at radius 2 is 1.22 bits per heavy atom. The van der Waals surface area contributed by atoms with Crippen LogP contribution >= 0.6 is 0 Å². The fourth-order valence-corrected chi connectivity index (χ4v) is 4.50. The van der Waals surface area contributed by atoms with Crippen molar-refractivity contribution in [3.05, 3.63) is 12.2 Å². The van der Waals surface area contributed by atoms with Crippen LogP contribution in [0.15, 0.2) is 12.2 Å². The number of carbonyl (C=O) groups is 2. The summed E-state index contributed by atoms with van der Waals surface area (Å²) >= 11 is 0. The summed E-state index contributed by atoms with van der Waals surface area (Å²) in [6.45, 7) is 2.68. The Kier molecular flexibility index (Phi) is 22.2. The third-order valence-electron chi connectivity index (χ3n) is 6.52. The molecule has 0 amide bonds. The van der Waals surface area contributed by atoms with Gasteiger partial charge in [0.05, 0.1) is 12.5 Å². The average Bonchev–Trinajstić information content (AvgIpc) is 2.78. The van der Waals surface area contributed by atoms with Crippen molar-refractivity contribution in [1.82, 2.24) is 0 Å². The third kappa shape index (κ3) is 16.3. The van der Waals surface area contributed by atoms with E-state index in [1.165, 1.54) is 83.5 Å². The van der Waals surface area contributed by atoms with E-state index in [0.29, 0.717) is 19.4 Å². The maximum Gasteiger partial charge on any atom is 1.00 e. The van der Waals surface area contributed by atoms with E-state index in [-0.39, 0.29) is 35.5 Å². The predicted molar refractivity (Wildman–Crippen MR) is 125 cm³/mol. The summed E-state index contributed by atoms with van der Waals surface area (Å²) in [6, 6.07) is 0. The molecule has 2 atom stereocenters. The van der Waals surface area contributed by atoms with Crippen LogP contribution in [-0.4, -0.2) is 18.5 Å². The maximum absolute atomic E-state index is 12.2. The van der Waals surface area contributed by atoms with Crippen LogP contribution in [0.25, 0.3) is 0 Å². The smallest absolute Gasteiger partial charge is 0.550 e. The number of rotatable bonds is 19. The second-order valence-corrected chi connectivity index (χ2v) is 9.28. The zero-order valence-corrected chi connectivity index (χ0v) is 23.1. The van der Waals surface area contributed by atoms with E-state index in [0.717, 1.165) is 25.7 Å². The molecule has 1 fully saturated rings. The second-order valence-electron chi connectivity index (χ2n) is 9.28. The van der Waals surface area contributed by atoms with Crippen LogP contribution in [0.1, 0.15) is 129 Å². The minimum Gasteiger partial charge on any atom is -0.550 e. The van der Waals surface area contributed by atoms with Crippen molar-refractivity contribution in [1.29, 1.82) is 0 Å². The van der Waals surface area contributed by atoms with Crippen LogP contribution < -0.4 is 34.7 Å². The van der Waals surface area contributed by atoms with Gasteiger partial charge in [0.15, 0.2) is 0 Å². The van der Waals surface area contributed by atoms with E-state index in [9.17, 15) is 14.7 Å². The molecule has 0 aliphatic heterocycles. The van der Waals surface area contributed by atoms with Gasteiger partial charge in [0.2, 0.25) is 0 Å². The number of aliphatic carboxylic acids is 1. The summed E-state index contributed by atoms with van der Waals surface area (Å²) < 4.78 is 5.35. The van der Waals surface area contributed by atoms with E-state index in [2.05, 4.69) is 19.1 Å². The molecule has 180 valence electrons. The van der Waals surface area contributed by atoms with Crippen LogP contribution in [0.4, 0.5) is 0 Å². The molecule has 4 nitrogen and oxygen atoms in total. The molecule has 0 aromatic rings. The Hall–Kier alpha value is -0.320. The van der Waals surface area contributed by atoms with E-state index >= 15 is 0 Å². The first-order chi connectivity index (χ1) is 15.2. The second kappa shape index (κ2) is 22.5. The zero-order valence-electron chi connectivity index (χ0n) is 21.1. The van der Waals surface area contributed by atoms with Crippen LogP contribution in [0, 0.1) is 11.8 Å². The van der Waals surface area contributed by atoms with Gasteiger partial charge in [0.25, 0.3) is 0 Å². The van der Waals surface area contributed by atoms with Gasteiger partial charge in [0.1, 0.15) is 0 Å². The number of unbranched alkanes of at least 4 members (excludes halogenated alkanes) is 13. The minimum absolute atomic E-state index is 0. The van der Waals surface area contributed by atoms with Crippen molar-refractivity contribution in [2.45, 2.75) is 129 Å². The molecule has 0 aromatic carbocycles. The van der Waals surface area contributed by atoms with Gasteiger partial charge in [-0.3, -0.25) is 4.79 Å². The molecule has 1 aliphatic rings. The largest absolute Gasteiger partial charge is 1.00 e. The Labute approximate surface area is 219 Å². The van der Waals surface area contributed by atoms with E-state index in [4.69, 9.17) is 4.74 Å². The molecular formula is C27H47NaO4. The average molecular weight is 459 g/mol. The summed E-state index contributed by atoms with van der Waals surface area (Å²) in [5, 5.41) is 11.2. The SMILES string of the molecule is CCCCCCCC/C=C/CCCCCCCCCOC(=O)C1CCCCC1C(=O)[O-].[Na+]. The summed E-state index contributed by atoms with van der Waals surface area (Å²) in [7, 11) is 0. The first kappa shape index (κ1) is 31.7. The molecule has 0 aromatic heterocycles. The van der Waals surface area contributed by atoms with Crippen LogP contribution in [0.2, 0.25) is 0 Å². The number of allylic oxidation sites excluding steroid dienone is 2. The van der Waals surface area contributed by atoms with E-state index < -0.39 is 17.8 Å². The number of ether oxygens (including phenoxy) is 1. The molecule has 1 saturated carbocycles. The molecule has 0 heterocycles.